The van der Waals surface area contributed by atoms with E-state index in [2.05, 4.69) is 26.1 Å². The summed E-state index contributed by atoms with van der Waals surface area (Å²) in [6.07, 6.45) is 13.1. The van der Waals surface area contributed by atoms with E-state index in [0.29, 0.717) is 5.41 Å². The Bertz CT molecular complexity index is 229. The van der Waals surface area contributed by atoms with E-state index in [0.717, 1.165) is 19.5 Å². The predicted octanol–water partition coefficient (Wildman–Crippen LogP) is 4.23. The average Bonchev–Trinajstić information content (AvgIpc) is 2.36. The summed E-state index contributed by atoms with van der Waals surface area (Å²) in [7, 11) is 0. The predicted molar refractivity (Wildman–Crippen MR) is 85.4 cm³/mol. The van der Waals surface area contributed by atoms with Crippen LogP contribution in [0.15, 0.2) is 0 Å². The zero-order chi connectivity index (χ0) is 14.2. The Morgan fingerprint density at radius 1 is 1.11 bits per heavy atom. The maximum atomic E-state index is 6.47. The highest BCUT2D eigenvalue weighted by molar-refractivity contribution is 4.87. The molecule has 19 heavy (non-hydrogen) atoms. The Labute approximate surface area is 120 Å². The molecule has 0 aromatic rings. The van der Waals surface area contributed by atoms with E-state index in [1.807, 2.05) is 0 Å². The van der Waals surface area contributed by atoms with Crippen molar-refractivity contribution in [2.45, 2.75) is 90.5 Å². The first-order valence-corrected chi connectivity index (χ1v) is 8.47. The van der Waals surface area contributed by atoms with Crippen LogP contribution in [0.2, 0.25) is 0 Å². The summed E-state index contributed by atoms with van der Waals surface area (Å²) in [4.78, 5) is 0. The molecule has 0 atom stereocenters. The maximum Gasteiger partial charge on any atom is 0.0166 e. The highest BCUT2D eigenvalue weighted by atomic mass is 14.9. The van der Waals surface area contributed by atoms with Gasteiger partial charge >= 0.3 is 0 Å². The Kier molecular flexibility index (Phi) is 7.38. The van der Waals surface area contributed by atoms with Crippen LogP contribution in [0.3, 0.4) is 0 Å². The second-order valence-electron chi connectivity index (χ2n) is 7.47. The summed E-state index contributed by atoms with van der Waals surface area (Å²) in [6.45, 7) is 9.26. The van der Waals surface area contributed by atoms with Gasteiger partial charge in [-0.1, -0.05) is 59.3 Å². The summed E-state index contributed by atoms with van der Waals surface area (Å²) >= 11 is 0. The third kappa shape index (κ3) is 7.31. The fourth-order valence-corrected chi connectivity index (χ4v) is 3.21. The average molecular weight is 268 g/mol. The molecule has 0 aromatic heterocycles. The Morgan fingerprint density at radius 3 is 2.42 bits per heavy atom. The minimum Gasteiger partial charge on any atom is -0.325 e. The normalized spacial score (nSPS) is 19.6. The fourth-order valence-electron chi connectivity index (χ4n) is 3.21. The molecule has 114 valence electrons. The molecule has 0 aromatic carbocycles. The maximum absolute atomic E-state index is 6.47. The molecule has 0 saturated heterocycles. The highest BCUT2D eigenvalue weighted by Crippen LogP contribution is 2.28. The van der Waals surface area contributed by atoms with Gasteiger partial charge in [0.1, 0.15) is 0 Å². The lowest BCUT2D eigenvalue weighted by molar-refractivity contribution is 0.259. The van der Waals surface area contributed by atoms with E-state index in [-0.39, 0.29) is 5.54 Å². The smallest absolute Gasteiger partial charge is 0.0166 e. The van der Waals surface area contributed by atoms with Gasteiger partial charge < -0.3 is 11.1 Å². The van der Waals surface area contributed by atoms with Gasteiger partial charge in [-0.3, -0.25) is 0 Å². The van der Waals surface area contributed by atoms with E-state index in [4.69, 9.17) is 5.73 Å². The second kappa shape index (κ2) is 8.26. The van der Waals surface area contributed by atoms with Gasteiger partial charge in [0.25, 0.3) is 0 Å². The molecule has 1 rings (SSSR count). The van der Waals surface area contributed by atoms with Crippen molar-refractivity contribution >= 4 is 0 Å². The molecule has 0 spiro atoms. The fraction of sp³-hybridized carbons (Fsp3) is 1.00. The van der Waals surface area contributed by atoms with Crippen LogP contribution < -0.4 is 11.1 Å². The van der Waals surface area contributed by atoms with Crippen molar-refractivity contribution in [3.63, 3.8) is 0 Å². The molecular formula is C17H36N2. The molecule has 1 fully saturated rings. The van der Waals surface area contributed by atoms with Gasteiger partial charge in [-0.15, -0.1) is 0 Å². The number of hydrogen-bond acceptors (Lipinski definition) is 2. The minimum absolute atomic E-state index is 0.137. The molecule has 0 aliphatic heterocycles. The molecule has 1 saturated carbocycles. The molecule has 1 aliphatic carbocycles. The molecule has 0 bridgehead atoms. The third-order valence-corrected chi connectivity index (χ3v) is 4.71. The standard InChI is InChI=1S/C17H36N2/c1-4-5-7-10-16(2,3)15-19-14-13-17(18)11-8-6-9-12-17/h19H,4-15,18H2,1-3H3. The molecule has 2 heteroatoms. The molecule has 2 nitrogen and oxygen atoms in total. The Hall–Kier alpha value is -0.0800. The zero-order valence-electron chi connectivity index (χ0n) is 13.6. The van der Waals surface area contributed by atoms with Crippen LogP contribution >= 0.6 is 0 Å². The van der Waals surface area contributed by atoms with E-state index >= 15 is 0 Å². The van der Waals surface area contributed by atoms with E-state index in [1.54, 1.807) is 0 Å². The molecule has 3 N–H and O–H groups in total. The summed E-state index contributed by atoms with van der Waals surface area (Å²) in [5.74, 6) is 0. The van der Waals surface area contributed by atoms with Crippen molar-refractivity contribution < 1.29 is 0 Å². The van der Waals surface area contributed by atoms with Gasteiger partial charge in [-0.25, -0.2) is 0 Å². The SMILES string of the molecule is CCCCCC(C)(C)CNCCC1(N)CCCCC1. The van der Waals surface area contributed by atoms with Crippen molar-refractivity contribution in [2.24, 2.45) is 11.1 Å². The monoisotopic (exact) mass is 268 g/mol. The van der Waals surface area contributed by atoms with E-state index in [1.165, 1.54) is 57.8 Å². The van der Waals surface area contributed by atoms with Crippen molar-refractivity contribution in [1.29, 1.82) is 0 Å². The number of hydrogen-bond donors (Lipinski definition) is 2. The molecule has 0 radical (unpaired) electrons. The van der Waals surface area contributed by atoms with Gasteiger partial charge in [-0.05, 0) is 37.6 Å². The molecule has 0 amide bonds. The van der Waals surface area contributed by atoms with Crippen LogP contribution in [0.25, 0.3) is 0 Å². The Balaban J connectivity index is 2.11. The second-order valence-corrected chi connectivity index (χ2v) is 7.47. The summed E-state index contributed by atoms with van der Waals surface area (Å²) in [6, 6.07) is 0. The van der Waals surface area contributed by atoms with Gasteiger partial charge in [-0.2, -0.15) is 0 Å². The van der Waals surface area contributed by atoms with Gasteiger partial charge in [0.15, 0.2) is 0 Å². The van der Waals surface area contributed by atoms with Crippen molar-refractivity contribution in [3.05, 3.63) is 0 Å². The van der Waals surface area contributed by atoms with Gasteiger partial charge in [0.2, 0.25) is 0 Å². The number of nitrogens with one attached hydrogen (secondary N) is 1. The lowest BCUT2D eigenvalue weighted by atomic mass is 9.80. The summed E-state index contributed by atoms with van der Waals surface area (Å²) < 4.78 is 0. The van der Waals surface area contributed by atoms with Crippen LogP contribution in [0.1, 0.15) is 85.0 Å². The minimum atomic E-state index is 0.137. The topological polar surface area (TPSA) is 38.0 Å². The first kappa shape index (κ1) is 17.0. The lowest BCUT2D eigenvalue weighted by Crippen LogP contribution is -2.44. The summed E-state index contributed by atoms with van der Waals surface area (Å²) in [5.41, 5.74) is 7.04. The Morgan fingerprint density at radius 2 is 1.79 bits per heavy atom. The van der Waals surface area contributed by atoms with Crippen LogP contribution in [0.4, 0.5) is 0 Å². The van der Waals surface area contributed by atoms with Crippen molar-refractivity contribution in [1.82, 2.24) is 5.32 Å². The van der Waals surface area contributed by atoms with Crippen molar-refractivity contribution in [2.75, 3.05) is 13.1 Å². The first-order valence-electron chi connectivity index (χ1n) is 8.47. The van der Waals surface area contributed by atoms with Crippen LogP contribution in [-0.4, -0.2) is 18.6 Å². The van der Waals surface area contributed by atoms with Crippen molar-refractivity contribution in [3.8, 4) is 0 Å². The van der Waals surface area contributed by atoms with Crippen LogP contribution in [0, 0.1) is 5.41 Å². The molecular weight excluding hydrogens is 232 g/mol. The van der Waals surface area contributed by atoms with E-state index in [9.17, 15) is 0 Å². The van der Waals surface area contributed by atoms with Gasteiger partial charge in [0.05, 0.1) is 0 Å². The molecule has 0 unspecified atom stereocenters. The highest BCUT2D eigenvalue weighted by Gasteiger charge is 2.26. The largest absolute Gasteiger partial charge is 0.325 e. The lowest BCUT2D eigenvalue weighted by Gasteiger charge is -2.34. The molecule has 1 aliphatic rings. The molecule has 0 heterocycles. The van der Waals surface area contributed by atoms with Crippen LogP contribution in [0.5, 0.6) is 0 Å². The number of rotatable bonds is 9. The number of unbranched alkanes of at least 4 members (excludes halogenated alkanes) is 2. The van der Waals surface area contributed by atoms with Crippen LogP contribution in [-0.2, 0) is 0 Å². The zero-order valence-corrected chi connectivity index (χ0v) is 13.6. The number of nitrogens with two attached hydrogens (primary N) is 1. The quantitative estimate of drug-likeness (QED) is 0.614. The van der Waals surface area contributed by atoms with E-state index < -0.39 is 0 Å². The first-order chi connectivity index (χ1) is 8.97. The summed E-state index contributed by atoms with van der Waals surface area (Å²) in [5, 5.41) is 3.65. The van der Waals surface area contributed by atoms with Gasteiger partial charge in [0, 0.05) is 12.1 Å². The third-order valence-electron chi connectivity index (χ3n) is 4.71.